The lowest BCUT2D eigenvalue weighted by molar-refractivity contribution is 0.331. The van der Waals surface area contributed by atoms with E-state index in [0.717, 1.165) is 17.3 Å². The second kappa shape index (κ2) is 6.27. The van der Waals surface area contributed by atoms with Crippen molar-refractivity contribution in [2.45, 2.75) is 19.3 Å². The van der Waals surface area contributed by atoms with Gasteiger partial charge >= 0.3 is 0 Å². The smallest absolute Gasteiger partial charge is 0.135 e. The Hall–Kier alpha value is -2.24. The van der Waals surface area contributed by atoms with E-state index in [-0.39, 0.29) is 6.17 Å². The highest BCUT2D eigenvalue weighted by Crippen LogP contribution is 2.13. The van der Waals surface area contributed by atoms with Gasteiger partial charge in [-0.2, -0.15) is 0 Å². The SMILES string of the molecule is c1coc(CNC(NCc2ccco2)c2ccco2)c1. The topological polar surface area (TPSA) is 63.5 Å². The molecule has 5 nitrogen and oxygen atoms in total. The Balaban J connectivity index is 1.61. The van der Waals surface area contributed by atoms with Crippen molar-refractivity contribution in [3.05, 3.63) is 72.5 Å². The minimum Gasteiger partial charge on any atom is -0.468 e. The number of hydrogen-bond acceptors (Lipinski definition) is 5. The Kier molecular flexibility index (Phi) is 4.01. The van der Waals surface area contributed by atoms with E-state index in [0.29, 0.717) is 13.1 Å². The zero-order valence-corrected chi connectivity index (χ0v) is 10.9. The molecule has 104 valence electrons. The first kappa shape index (κ1) is 12.8. The van der Waals surface area contributed by atoms with E-state index >= 15 is 0 Å². The summed E-state index contributed by atoms with van der Waals surface area (Å²) in [5.74, 6) is 2.57. The predicted molar refractivity (Wildman–Crippen MR) is 72.5 cm³/mol. The van der Waals surface area contributed by atoms with Crippen LogP contribution in [0.25, 0.3) is 0 Å². The van der Waals surface area contributed by atoms with E-state index in [1.807, 2.05) is 36.4 Å². The van der Waals surface area contributed by atoms with Crippen molar-refractivity contribution < 1.29 is 13.3 Å². The average Bonchev–Trinajstić information content (AvgIpc) is 3.22. The van der Waals surface area contributed by atoms with Crippen LogP contribution in [-0.4, -0.2) is 0 Å². The van der Waals surface area contributed by atoms with Crippen molar-refractivity contribution in [1.29, 1.82) is 0 Å². The second-order valence-electron chi connectivity index (χ2n) is 4.37. The molecule has 0 bridgehead atoms. The molecule has 0 saturated carbocycles. The van der Waals surface area contributed by atoms with Crippen LogP contribution in [-0.2, 0) is 13.1 Å². The fourth-order valence-electron chi connectivity index (χ4n) is 1.96. The molecule has 0 unspecified atom stereocenters. The van der Waals surface area contributed by atoms with Crippen LogP contribution in [0.4, 0.5) is 0 Å². The minimum absolute atomic E-state index is 0.111. The average molecular weight is 272 g/mol. The van der Waals surface area contributed by atoms with Gasteiger partial charge in [0.25, 0.3) is 0 Å². The summed E-state index contributed by atoms with van der Waals surface area (Å²) < 4.78 is 16.1. The molecule has 0 saturated heterocycles. The van der Waals surface area contributed by atoms with E-state index in [1.54, 1.807) is 18.8 Å². The summed E-state index contributed by atoms with van der Waals surface area (Å²) in [6.07, 6.45) is 4.87. The molecule has 0 aliphatic heterocycles. The standard InChI is InChI=1S/C15H16N2O3/c1-4-12(18-7-1)10-16-15(14-6-3-9-20-14)17-11-13-5-2-8-19-13/h1-9,15-17H,10-11H2. The summed E-state index contributed by atoms with van der Waals surface area (Å²) in [6.45, 7) is 1.23. The first-order valence-corrected chi connectivity index (χ1v) is 6.47. The third-order valence-corrected chi connectivity index (χ3v) is 2.95. The maximum atomic E-state index is 5.45. The summed E-state index contributed by atoms with van der Waals surface area (Å²) in [6, 6.07) is 11.4. The van der Waals surface area contributed by atoms with Crippen molar-refractivity contribution in [2.24, 2.45) is 0 Å². The summed E-state index contributed by atoms with van der Waals surface area (Å²) >= 11 is 0. The van der Waals surface area contributed by atoms with Gasteiger partial charge in [-0.25, -0.2) is 0 Å². The normalized spacial score (nSPS) is 11.2. The third kappa shape index (κ3) is 3.20. The first-order valence-electron chi connectivity index (χ1n) is 6.47. The molecule has 3 heterocycles. The molecular formula is C15H16N2O3. The largest absolute Gasteiger partial charge is 0.468 e. The third-order valence-electron chi connectivity index (χ3n) is 2.95. The molecule has 20 heavy (non-hydrogen) atoms. The van der Waals surface area contributed by atoms with Gasteiger partial charge < -0.3 is 13.3 Å². The lowest BCUT2D eigenvalue weighted by Gasteiger charge is -2.17. The number of rotatable bonds is 7. The molecule has 0 amide bonds. The van der Waals surface area contributed by atoms with Crippen molar-refractivity contribution in [3.8, 4) is 0 Å². The molecule has 2 N–H and O–H groups in total. The van der Waals surface area contributed by atoms with Gasteiger partial charge in [-0.15, -0.1) is 0 Å². The summed E-state index contributed by atoms with van der Waals surface area (Å²) in [5.41, 5.74) is 0. The number of nitrogens with one attached hydrogen (secondary N) is 2. The van der Waals surface area contributed by atoms with Crippen LogP contribution in [0, 0.1) is 0 Å². The van der Waals surface area contributed by atoms with E-state index in [9.17, 15) is 0 Å². The van der Waals surface area contributed by atoms with Crippen LogP contribution in [0.1, 0.15) is 23.4 Å². The molecule has 3 aromatic rings. The molecule has 5 heteroatoms. The van der Waals surface area contributed by atoms with Crippen LogP contribution in [0.2, 0.25) is 0 Å². The van der Waals surface area contributed by atoms with Crippen LogP contribution in [0.15, 0.2) is 68.4 Å². The fraction of sp³-hybridized carbons (Fsp3) is 0.200. The lowest BCUT2D eigenvalue weighted by atomic mass is 10.3. The van der Waals surface area contributed by atoms with Crippen molar-refractivity contribution in [2.75, 3.05) is 0 Å². The molecule has 3 rings (SSSR count). The highest BCUT2D eigenvalue weighted by molar-refractivity contribution is 5.06. The zero-order chi connectivity index (χ0) is 13.6. The van der Waals surface area contributed by atoms with Crippen molar-refractivity contribution in [3.63, 3.8) is 0 Å². The predicted octanol–water partition coefficient (Wildman–Crippen LogP) is 3.04. The molecule has 0 aliphatic carbocycles. The van der Waals surface area contributed by atoms with Crippen LogP contribution >= 0.6 is 0 Å². The highest BCUT2D eigenvalue weighted by Gasteiger charge is 2.14. The fourth-order valence-corrected chi connectivity index (χ4v) is 1.96. The molecule has 0 fully saturated rings. The highest BCUT2D eigenvalue weighted by atomic mass is 16.3. The quantitative estimate of drug-likeness (QED) is 0.647. The van der Waals surface area contributed by atoms with Crippen LogP contribution in [0.5, 0.6) is 0 Å². The monoisotopic (exact) mass is 272 g/mol. The molecule has 0 aromatic carbocycles. The van der Waals surface area contributed by atoms with Gasteiger partial charge in [-0.3, -0.25) is 10.6 Å². The molecular weight excluding hydrogens is 256 g/mol. The van der Waals surface area contributed by atoms with E-state index in [2.05, 4.69) is 10.6 Å². The van der Waals surface area contributed by atoms with Gasteiger partial charge in [0.05, 0.1) is 31.9 Å². The van der Waals surface area contributed by atoms with Crippen LogP contribution < -0.4 is 10.6 Å². The Morgan fingerprint density at radius 2 is 1.30 bits per heavy atom. The van der Waals surface area contributed by atoms with Gasteiger partial charge in [-0.05, 0) is 36.4 Å². The maximum absolute atomic E-state index is 5.45. The van der Waals surface area contributed by atoms with Gasteiger partial charge in [0, 0.05) is 0 Å². The Labute approximate surface area is 116 Å². The van der Waals surface area contributed by atoms with Crippen LogP contribution in [0.3, 0.4) is 0 Å². The lowest BCUT2D eigenvalue weighted by Crippen LogP contribution is -2.33. The molecule has 0 radical (unpaired) electrons. The summed E-state index contributed by atoms with van der Waals surface area (Å²) in [5, 5.41) is 6.69. The number of furan rings is 3. The summed E-state index contributed by atoms with van der Waals surface area (Å²) in [7, 11) is 0. The maximum Gasteiger partial charge on any atom is 0.135 e. The molecule has 0 aliphatic rings. The molecule has 0 atom stereocenters. The second-order valence-corrected chi connectivity index (χ2v) is 4.37. The van der Waals surface area contributed by atoms with Gasteiger partial charge in [0.2, 0.25) is 0 Å². The molecule has 0 spiro atoms. The molecule has 3 aromatic heterocycles. The van der Waals surface area contributed by atoms with Crippen molar-refractivity contribution >= 4 is 0 Å². The Morgan fingerprint density at radius 1 is 0.750 bits per heavy atom. The zero-order valence-electron chi connectivity index (χ0n) is 10.9. The number of hydrogen-bond donors (Lipinski definition) is 2. The minimum atomic E-state index is -0.111. The Bertz CT molecular complexity index is 547. The van der Waals surface area contributed by atoms with E-state index in [4.69, 9.17) is 13.3 Å². The van der Waals surface area contributed by atoms with E-state index in [1.165, 1.54) is 0 Å². The van der Waals surface area contributed by atoms with Crippen molar-refractivity contribution in [1.82, 2.24) is 10.6 Å². The Morgan fingerprint density at radius 3 is 1.75 bits per heavy atom. The first-order chi connectivity index (χ1) is 9.92. The van der Waals surface area contributed by atoms with Gasteiger partial charge in [0.1, 0.15) is 23.4 Å². The van der Waals surface area contributed by atoms with Gasteiger partial charge in [0.15, 0.2) is 0 Å². The van der Waals surface area contributed by atoms with Gasteiger partial charge in [-0.1, -0.05) is 0 Å². The summed E-state index contributed by atoms with van der Waals surface area (Å²) in [4.78, 5) is 0. The van der Waals surface area contributed by atoms with E-state index < -0.39 is 0 Å².